The second-order valence-corrected chi connectivity index (χ2v) is 5.90. The molecule has 2 unspecified atom stereocenters. The van der Waals surface area contributed by atoms with E-state index in [1.165, 1.54) is 0 Å². The lowest BCUT2D eigenvalue weighted by Gasteiger charge is -2.31. The largest absolute Gasteiger partial charge is 0.444 e. The fraction of sp³-hybridized carbons (Fsp3) is 0.917. The average Bonchev–Trinajstić information content (AvgIpc) is 2.37. The second-order valence-electron chi connectivity index (χ2n) is 5.90. The van der Waals surface area contributed by atoms with Gasteiger partial charge in [0, 0.05) is 19.5 Å². The van der Waals surface area contributed by atoms with E-state index in [2.05, 4.69) is 0 Å². The number of alkyl halides is 4. The molecule has 20 heavy (non-hydrogen) atoms. The van der Waals surface area contributed by atoms with Crippen molar-refractivity contribution in [2.75, 3.05) is 13.1 Å². The SMILES string of the molecule is CC(C)(C)OC(=O)N1CCC(F)C(O)(C(F)(F)F)CC1. The number of carbonyl (C=O) groups excluding carboxylic acids is 1. The van der Waals surface area contributed by atoms with Crippen LogP contribution in [0.4, 0.5) is 22.4 Å². The van der Waals surface area contributed by atoms with E-state index in [9.17, 15) is 27.5 Å². The minimum atomic E-state index is -5.07. The van der Waals surface area contributed by atoms with Gasteiger partial charge in [-0.3, -0.25) is 0 Å². The molecule has 1 saturated heterocycles. The molecule has 0 bridgehead atoms. The predicted molar refractivity (Wildman–Crippen MR) is 62.9 cm³/mol. The predicted octanol–water partition coefficient (Wildman–Crippen LogP) is 2.65. The zero-order valence-electron chi connectivity index (χ0n) is 11.6. The minimum absolute atomic E-state index is 0.228. The fourth-order valence-electron chi connectivity index (χ4n) is 1.91. The Labute approximate surface area is 114 Å². The minimum Gasteiger partial charge on any atom is -0.444 e. The van der Waals surface area contributed by atoms with Crippen LogP contribution in [-0.2, 0) is 4.74 Å². The van der Waals surface area contributed by atoms with Gasteiger partial charge in [0.1, 0.15) is 11.8 Å². The normalized spacial score (nSPS) is 29.0. The summed E-state index contributed by atoms with van der Waals surface area (Å²) < 4.78 is 56.8. The van der Waals surface area contributed by atoms with Gasteiger partial charge >= 0.3 is 12.3 Å². The number of amides is 1. The molecule has 1 amide bonds. The van der Waals surface area contributed by atoms with Gasteiger partial charge < -0.3 is 14.7 Å². The van der Waals surface area contributed by atoms with E-state index >= 15 is 0 Å². The number of hydrogen-bond donors (Lipinski definition) is 1. The topological polar surface area (TPSA) is 49.8 Å². The number of likely N-dealkylation sites (tertiary alicyclic amines) is 1. The Morgan fingerprint density at radius 1 is 1.30 bits per heavy atom. The van der Waals surface area contributed by atoms with E-state index in [0.717, 1.165) is 4.90 Å². The number of hydrogen-bond acceptors (Lipinski definition) is 3. The maximum atomic E-state index is 13.6. The van der Waals surface area contributed by atoms with Crippen LogP contribution in [0.15, 0.2) is 0 Å². The Bertz CT molecular complexity index is 367. The van der Waals surface area contributed by atoms with Crippen molar-refractivity contribution in [2.45, 2.75) is 57.2 Å². The molecule has 2 atom stereocenters. The first kappa shape index (κ1) is 17.0. The van der Waals surface area contributed by atoms with E-state index in [4.69, 9.17) is 4.74 Å². The van der Waals surface area contributed by atoms with Gasteiger partial charge in [0.05, 0.1) is 0 Å². The average molecular weight is 301 g/mol. The van der Waals surface area contributed by atoms with Crippen LogP contribution < -0.4 is 0 Å². The molecule has 1 N–H and O–H groups in total. The van der Waals surface area contributed by atoms with Gasteiger partial charge in [-0.2, -0.15) is 13.2 Å². The summed E-state index contributed by atoms with van der Waals surface area (Å²) in [5.41, 5.74) is -4.21. The quantitative estimate of drug-likeness (QED) is 0.700. The molecule has 1 aliphatic rings. The van der Waals surface area contributed by atoms with Crippen molar-refractivity contribution in [3.8, 4) is 0 Å². The molecule has 0 aromatic carbocycles. The van der Waals surface area contributed by atoms with E-state index in [1.807, 2.05) is 0 Å². The van der Waals surface area contributed by atoms with Gasteiger partial charge in [-0.25, -0.2) is 9.18 Å². The van der Waals surface area contributed by atoms with Crippen molar-refractivity contribution in [3.63, 3.8) is 0 Å². The maximum Gasteiger partial charge on any atom is 0.420 e. The first-order valence-corrected chi connectivity index (χ1v) is 6.28. The van der Waals surface area contributed by atoms with Crippen LogP contribution in [0.25, 0.3) is 0 Å². The number of rotatable bonds is 0. The van der Waals surface area contributed by atoms with Gasteiger partial charge in [-0.05, 0) is 27.2 Å². The molecule has 0 aliphatic carbocycles. The second kappa shape index (κ2) is 5.38. The van der Waals surface area contributed by atoms with Gasteiger partial charge in [-0.1, -0.05) is 0 Å². The summed E-state index contributed by atoms with van der Waals surface area (Å²) in [6.45, 7) is 4.21. The Morgan fingerprint density at radius 3 is 2.30 bits per heavy atom. The van der Waals surface area contributed by atoms with Crippen LogP contribution in [0.3, 0.4) is 0 Å². The van der Waals surface area contributed by atoms with E-state index < -0.39 is 49.0 Å². The number of ether oxygens (including phenoxy) is 1. The van der Waals surface area contributed by atoms with Crippen LogP contribution in [0.1, 0.15) is 33.6 Å². The highest BCUT2D eigenvalue weighted by Crippen LogP contribution is 2.40. The van der Waals surface area contributed by atoms with Gasteiger partial charge in [0.25, 0.3) is 0 Å². The van der Waals surface area contributed by atoms with E-state index in [1.54, 1.807) is 20.8 Å². The van der Waals surface area contributed by atoms with Gasteiger partial charge in [0.2, 0.25) is 0 Å². The van der Waals surface area contributed by atoms with Crippen molar-refractivity contribution in [1.82, 2.24) is 4.90 Å². The summed E-state index contributed by atoms with van der Waals surface area (Å²) in [5, 5.41) is 9.51. The first-order valence-electron chi connectivity index (χ1n) is 6.28. The van der Waals surface area contributed by atoms with Crippen LogP contribution in [0.5, 0.6) is 0 Å². The van der Waals surface area contributed by atoms with Gasteiger partial charge in [-0.15, -0.1) is 0 Å². The molecule has 1 rings (SSSR count). The lowest BCUT2D eigenvalue weighted by atomic mass is 9.92. The third-order valence-electron chi connectivity index (χ3n) is 3.08. The molecular weight excluding hydrogens is 282 g/mol. The van der Waals surface area contributed by atoms with Crippen LogP contribution in [0, 0.1) is 0 Å². The van der Waals surface area contributed by atoms with Gasteiger partial charge in [0.15, 0.2) is 5.60 Å². The lowest BCUT2D eigenvalue weighted by Crippen LogP contribution is -2.53. The molecule has 4 nitrogen and oxygen atoms in total. The molecule has 8 heteroatoms. The summed E-state index contributed by atoms with van der Waals surface area (Å²) in [6.07, 6.45) is -9.84. The Balaban J connectivity index is 2.79. The van der Waals surface area contributed by atoms with E-state index in [0.29, 0.717) is 0 Å². The highest BCUT2D eigenvalue weighted by atomic mass is 19.4. The summed E-state index contributed by atoms with van der Waals surface area (Å²) in [6, 6.07) is 0. The fourth-order valence-corrected chi connectivity index (χ4v) is 1.91. The first-order chi connectivity index (χ1) is 8.87. The molecule has 1 aliphatic heterocycles. The monoisotopic (exact) mass is 301 g/mol. The maximum absolute atomic E-state index is 13.6. The van der Waals surface area contributed by atoms with Crippen LogP contribution in [-0.4, -0.2) is 52.7 Å². The standard InChI is InChI=1S/C12H19F4NO3/c1-10(2,3)20-9(18)17-6-4-8(13)11(19,5-7-17)12(14,15)16/h8,19H,4-7H2,1-3H3. The third kappa shape index (κ3) is 3.74. The van der Waals surface area contributed by atoms with Crippen LogP contribution >= 0.6 is 0 Å². The smallest absolute Gasteiger partial charge is 0.420 e. The zero-order valence-corrected chi connectivity index (χ0v) is 11.6. The van der Waals surface area contributed by atoms with Crippen molar-refractivity contribution in [1.29, 1.82) is 0 Å². The third-order valence-corrected chi connectivity index (χ3v) is 3.08. The molecule has 0 aromatic rings. The van der Waals surface area contributed by atoms with Crippen molar-refractivity contribution in [2.24, 2.45) is 0 Å². The Kier molecular flexibility index (Phi) is 4.58. The molecule has 0 saturated carbocycles. The summed E-state index contributed by atoms with van der Waals surface area (Å²) in [4.78, 5) is 12.7. The highest BCUT2D eigenvalue weighted by molar-refractivity contribution is 5.68. The Morgan fingerprint density at radius 2 is 1.85 bits per heavy atom. The summed E-state index contributed by atoms with van der Waals surface area (Å²) in [7, 11) is 0. The number of carbonyl (C=O) groups is 1. The molecule has 0 radical (unpaired) electrons. The molecule has 118 valence electrons. The number of aliphatic hydroxyl groups is 1. The van der Waals surface area contributed by atoms with Crippen molar-refractivity contribution in [3.05, 3.63) is 0 Å². The van der Waals surface area contributed by atoms with Crippen LogP contribution in [0.2, 0.25) is 0 Å². The van der Waals surface area contributed by atoms with Crippen molar-refractivity contribution >= 4 is 6.09 Å². The molecular formula is C12H19F4NO3. The number of nitrogens with zero attached hydrogens (tertiary/aromatic N) is 1. The number of halogens is 4. The summed E-state index contributed by atoms with van der Waals surface area (Å²) >= 11 is 0. The highest BCUT2D eigenvalue weighted by Gasteiger charge is 2.59. The summed E-state index contributed by atoms with van der Waals surface area (Å²) in [5.74, 6) is 0. The van der Waals surface area contributed by atoms with E-state index in [-0.39, 0.29) is 6.54 Å². The molecule has 0 spiro atoms. The molecule has 0 aromatic heterocycles. The Hall–Kier alpha value is -1.05. The molecule has 1 fully saturated rings. The zero-order chi connectivity index (χ0) is 15.8. The van der Waals surface area contributed by atoms with Crippen molar-refractivity contribution < 1.29 is 32.2 Å². The lowest BCUT2D eigenvalue weighted by molar-refractivity contribution is -0.281. The molecule has 1 heterocycles.